The van der Waals surface area contributed by atoms with Gasteiger partial charge in [-0.25, -0.2) is 13.6 Å². The van der Waals surface area contributed by atoms with Crippen LogP contribution >= 0.6 is 0 Å². The fourth-order valence-corrected chi connectivity index (χ4v) is 4.19. The number of rotatable bonds is 10. The van der Waals surface area contributed by atoms with Crippen molar-refractivity contribution in [2.24, 2.45) is 10.9 Å². The summed E-state index contributed by atoms with van der Waals surface area (Å²) >= 11 is 0. The molecule has 5 N–H and O–H groups in total. The summed E-state index contributed by atoms with van der Waals surface area (Å²) < 4.78 is 34.2. The number of primary sulfonamides is 1. The molecule has 0 radical (unpaired) electrons. The average molecular weight is 541 g/mol. The quantitative estimate of drug-likeness (QED) is 0.202. The van der Waals surface area contributed by atoms with Crippen molar-refractivity contribution in [3.8, 4) is 16.9 Å². The molecular formula is C27H32N4O6S. The Kier molecular flexibility index (Phi) is 11.0. The van der Waals surface area contributed by atoms with Crippen LogP contribution in [0.2, 0.25) is 0 Å². The summed E-state index contributed by atoms with van der Waals surface area (Å²) in [5, 5.41) is 12.8. The van der Waals surface area contributed by atoms with Crippen molar-refractivity contribution < 1.29 is 27.5 Å². The van der Waals surface area contributed by atoms with Crippen molar-refractivity contribution in [1.82, 2.24) is 4.90 Å². The molecule has 3 aromatic rings. The highest BCUT2D eigenvalue weighted by Gasteiger charge is 2.20. The van der Waals surface area contributed by atoms with Gasteiger partial charge < -0.3 is 20.1 Å². The molecule has 0 unspecified atom stereocenters. The lowest BCUT2D eigenvalue weighted by atomic mass is 10.0. The van der Waals surface area contributed by atoms with E-state index in [0.29, 0.717) is 22.4 Å². The number of nitrogens with one attached hydrogen (secondary N) is 1. The number of nitrogens with two attached hydrogens (primary N) is 2. The zero-order valence-electron chi connectivity index (χ0n) is 21.5. The smallest absolute Gasteiger partial charge is 0.325 e. The zero-order chi connectivity index (χ0) is 28.3. The van der Waals surface area contributed by atoms with E-state index in [2.05, 4.69) is 0 Å². The van der Waals surface area contributed by atoms with E-state index in [1.807, 2.05) is 13.8 Å². The summed E-state index contributed by atoms with van der Waals surface area (Å²) in [5.41, 5.74) is 7.25. The third-order valence-electron chi connectivity index (χ3n) is 5.25. The number of esters is 1. The van der Waals surface area contributed by atoms with Crippen LogP contribution in [0, 0.1) is 5.41 Å². The number of methoxy groups -OCH3 is 1. The highest BCUT2D eigenvalue weighted by atomic mass is 32.2. The molecule has 0 spiro atoms. The first-order valence-corrected chi connectivity index (χ1v) is 13.3. The van der Waals surface area contributed by atoms with Gasteiger partial charge in [0.05, 0.1) is 18.6 Å². The van der Waals surface area contributed by atoms with Crippen LogP contribution in [0.5, 0.6) is 5.75 Å². The minimum atomic E-state index is -3.94. The van der Waals surface area contributed by atoms with Crippen molar-refractivity contribution in [3.63, 3.8) is 0 Å². The zero-order valence-corrected chi connectivity index (χ0v) is 22.3. The Morgan fingerprint density at radius 2 is 1.61 bits per heavy atom. The summed E-state index contributed by atoms with van der Waals surface area (Å²) in [4.78, 5) is 26.3. The van der Waals surface area contributed by atoms with E-state index in [-0.39, 0.29) is 36.0 Å². The van der Waals surface area contributed by atoms with Gasteiger partial charge in [-0.3, -0.25) is 15.0 Å². The van der Waals surface area contributed by atoms with E-state index in [1.165, 1.54) is 18.1 Å². The number of hydrogen-bond donors (Lipinski definition) is 3. The van der Waals surface area contributed by atoms with E-state index in [9.17, 15) is 18.0 Å². The lowest BCUT2D eigenvalue weighted by Crippen LogP contribution is -2.39. The number of ether oxygens (including phenoxy) is 2. The van der Waals surface area contributed by atoms with E-state index < -0.39 is 21.9 Å². The first kappa shape index (κ1) is 30.0. The second kappa shape index (κ2) is 13.9. The highest BCUT2D eigenvalue weighted by molar-refractivity contribution is 7.89. The summed E-state index contributed by atoms with van der Waals surface area (Å²) in [5.74, 6) is -0.669. The molecule has 0 bridgehead atoms. The molecule has 0 aliphatic rings. The lowest BCUT2D eigenvalue weighted by Gasteiger charge is -2.22. The highest BCUT2D eigenvalue weighted by Crippen LogP contribution is 2.27. The molecular weight excluding hydrogens is 508 g/mol. The molecule has 0 aromatic heterocycles. The molecule has 0 aliphatic heterocycles. The number of amides is 1. The van der Waals surface area contributed by atoms with Gasteiger partial charge in [0, 0.05) is 16.7 Å². The predicted octanol–water partition coefficient (Wildman–Crippen LogP) is 3.01. The SMILES string of the molecule is CC.COC(=O)CN(CCOc1cccc(C(=N)N)c1)C(=O)c1ccc(-c2ccccc2S(N)(=O)=O)cc1. The Balaban J connectivity index is 0.00000247. The minimum absolute atomic E-state index is 0.0256. The molecule has 0 atom stereocenters. The standard InChI is InChI=1S/C25H26N4O6S.C2H6/c1-34-23(30)16-29(13-14-35-20-6-4-5-19(15-20)24(26)27)25(31)18-11-9-17(10-12-18)21-7-2-3-8-22(21)36(28,32)33;1-2/h2-12,15H,13-14,16H2,1H3,(H3,26,27)(H2,28,32,33);1-2H3. The van der Waals surface area contributed by atoms with Crippen molar-refractivity contribution in [1.29, 1.82) is 5.41 Å². The summed E-state index contributed by atoms with van der Waals surface area (Å²) in [6, 6.07) is 19.3. The van der Waals surface area contributed by atoms with E-state index >= 15 is 0 Å². The molecule has 0 fully saturated rings. The number of benzene rings is 3. The molecule has 1 amide bonds. The van der Waals surface area contributed by atoms with Gasteiger partial charge in [-0.2, -0.15) is 0 Å². The van der Waals surface area contributed by atoms with Crippen LogP contribution in [0.3, 0.4) is 0 Å². The Labute approximate surface area is 222 Å². The van der Waals surface area contributed by atoms with E-state index in [1.54, 1.807) is 66.7 Å². The lowest BCUT2D eigenvalue weighted by molar-refractivity contribution is -0.141. The summed E-state index contributed by atoms with van der Waals surface area (Å²) in [6.45, 7) is 3.86. The van der Waals surface area contributed by atoms with Gasteiger partial charge in [0.25, 0.3) is 5.91 Å². The minimum Gasteiger partial charge on any atom is -0.492 e. The third kappa shape index (κ3) is 8.15. The molecule has 202 valence electrons. The van der Waals surface area contributed by atoms with Crippen LogP contribution in [-0.4, -0.2) is 57.8 Å². The van der Waals surface area contributed by atoms with Crippen LogP contribution in [-0.2, 0) is 19.6 Å². The summed E-state index contributed by atoms with van der Waals surface area (Å²) in [7, 11) is -2.71. The van der Waals surface area contributed by atoms with Gasteiger partial charge in [0.1, 0.15) is 24.7 Å². The van der Waals surface area contributed by atoms with Gasteiger partial charge >= 0.3 is 5.97 Å². The number of nitrogens with zero attached hydrogens (tertiary/aromatic N) is 1. The Morgan fingerprint density at radius 1 is 0.947 bits per heavy atom. The maximum atomic E-state index is 13.2. The Morgan fingerprint density at radius 3 is 2.21 bits per heavy atom. The van der Waals surface area contributed by atoms with Gasteiger partial charge in [0.15, 0.2) is 0 Å². The van der Waals surface area contributed by atoms with Crippen LogP contribution in [0.15, 0.2) is 77.7 Å². The van der Waals surface area contributed by atoms with Crippen LogP contribution in [0.1, 0.15) is 29.8 Å². The molecule has 11 heteroatoms. The average Bonchev–Trinajstić information content (AvgIpc) is 2.93. The largest absolute Gasteiger partial charge is 0.492 e. The fourth-order valence-electron chi connectivity index (χ4n) is 3.43. The number of carbonyl (C=O) groups is 2. The first-order chi connectivity index (χ1) is 18.1. The second-order valence-electron chi connectivity index (χ2n) is 7.71. The summed E-state index contributed by atoms with van der Waals surface area (Å²) in [6.07, 6.45) is 0. The molecule has 0 heterocycles. The molecule has 3 rings (SSSR count). The second-order valence-corrected chi connectivity index (χ2v) is 9.24. The van der Waals surface area contributed by atoms with Gasteiger partial charge in [0.2, 0.25) is 10.0 Å². The monoisotopic (exact) mass is 540 g/mol. The van der Waals surface area contributed by atoms with Crippen molar-refractivity contribution in [3.05, 3.63) is 83.9 Å². The number of hydrogen-bond acceptors (Lipinski definition) is 7. The van der Waals surface area contributed by atoms with Crippen molar-refractivity contribution in [2.75, 3.05) is 26.8 Å². The predicted molar refractivity (Wildman–Crippen MR) is 145 cm³/mol. The van der Waals surface area contributed by atoms with Crippen LogP contribution in [0.25, 0.3) is 11.1 Å². The number of amidine groups is 1. The van der Waals surface area contributed by atoms with E-state index in [0.717, 1.165) is 0 Å². The maximum absolute atomic E-state index is 13.2. The first-order valence-electron chi connectivity index (χ1n) is 11.8. The Bertz CT molecular complexity index is 1370. The topological polar surface area (TPSA) is 166 Å². The van der Waals surface area contributed by atoms with Crippen molar-refractivity contribution in [2.45, 2.75) is 18.7 Å². The molecule has 38 heavy (non-hydrogen) atoms. The number of nitrogen functional groups attached to an aromatic ring is 1. The fraction of sp³-hybridized carbons (Fsp3) is 0.222. The van der Waals surface area contributed by atoms with Gasteiger partial charge in [-0.15, -0.1) is 0 Å². The number of carbonyl (C=O) groups excluding carboxylic acids is 2. The van der Waals surface area contributed by atoms with Crippen molar-refractivity contribution >= 4 is 27.7 Å². The Hall–Kier alpha value is -4.22. The molecule has 0 saturated heterocycles. The van der Waals surface area contributed by atoms with Crippen LogP contribution in [0.4, 0.5) is 0 Å². The van der Waals surface area contributed by atoms with Gasteiger partial charge in [-0.1, -0.05) is 56.3 Å². The normalized spacial score (nSPS) is 10.5. The molecule has 0 saturated carbocycles. The molecule has 0 aliphatic carbocycles. The number of sulfonamides is 1. The van der Waals surface area contributed by atoms with E-state index in [4.69, 9.17) is 25.8 Å². The molecule has 3 aromatic carbocycles. The maximum Gasteiger partial charge on any atom is 0.325 e. The third-order valence-corrected chi connectivity index (χ3v) is 6.22. The van der Waals surface area contributed by atoms with Gasteiger partial charge in [-0.05, 0) is 35.9 Å². The van der Waals surface area contributed by atoms with Crippen LogP contribution < -0.4 is 15.6 Å². The molecule has 10 nitrogen and oxygen atoms in total.